The quantitative estimate of drug-likeness (QED) is 0.380. The molecule has 2 aromatic rings. The van der Waals surface area contributed by atoms with Crippen LogP contribution in [0.3, 0.4) is 0 Å². The normalized spacial score (nSPS) is 18.7. The topological polar surface area (TPSA) is 9.23 Å². The Balaban J connectivity index is 1.58. The zero-order chi connectivity index (χ0) is 21.5. The largest absolute Gasteiger partial charge is 0.381 e. The average Bonchev–Trinajstić information content (AvgIpc) is 3.17. The summed E-state index contributed by atoms with van der Waals surface area (Å²) in [6, 6.07) is 15.8. The van der Waals surface area contributed by atoms with Crippen LogP contribution in [-0.2, 0) is 30.4 Å². The number of ether oxygens (including phenoxy) is 1. The highest BCUT2D eigenvalue weighted by molar-refractivity contribution is 6.31. The number of benzene rings is 2. The van der Waals surface area contributed by atoms with Crippen LogP contribution in [0.2, 0.25) is 5.02 Å². The van der Waals surface area contributed by atoms with Crippen molar-refractivity contribution in [1.82, 2.24) is 0 Å². The van der Waals surface area contributed by atoms with E-state index in [9.17, 15) is 0 Å². The standard InChI is InChI=1S/C28H39ClO/c1-20(2)12-23-6-5-7-24(17-23)14-22(4)16-27-18-25(8-9-28(27)29)13-21(3)15-26-10-11-30-19-26/h5-9,17-18,20-22,26H,10-16,19H2,1-4H3. The Hall–Kier alpha value is -1.31. The third-order valence-corrected chi connectivity index (χ3v) is 6.61. The monoisotopic (exact) mass is 426 g/mol. The van der Waals surface area contributed by atoms with Gasteiger partial charge in [-0.2, -0.15) is 0 Å². The Bertz CT molecular complexity index is 791. The molecule has 2 heteroatoms. The Kier molecular flexibility index (Phi) is 8.84. The molecule has 164 valence electrons. The molecule has 3 atom stereocenters. The SMILES string of the molecule is CC(C)Cc1cccc(CC(C)Cc2cc(CC(C)CC3CCOC3)ccc2Cl)c1. The van der Waals surface area contributed by atoms with E-state index in [0.717, 1.165) is 49.8 Å². The molecule has 0 aliphatic carbocycles. The molecule has 1 nitrogen and oxygen atoms in total. The summed E-state index contributed by atoms with van der Waals surface area (Å²) in [7, 11) is 0. The first kappa shape index (κ1) is 23.4. The second-order valence-electron chi connectivity index (χ2n) is 10.1. The van der Waals surface area contributed by atoms with Gasteiger partial charge in [0.2, 0.25) is 0 Å². The van der Waals surface area contributed by atoms with Gasteiger partial charge >= 0.3 is 0 Å². The lowest BCUT2D eigenvalue weighted by atomic mass is 9.88. The smallest absolute Gasteiger partial charge is 0.0495 e. The van der Waals surface area contributed by atoms with Gasteiger partial charge in [0.25, 0.3) is 0 Å². The van der Waals surface area contributed by atoms with Crippen molar-refractivity contribution >= 4 is 11.6 Å². The van der Waals surface area contributed by atoms with Crippen LogP contribution in [-0.4, -0.2) is 13.2 Å². The molecule has 0 spiro atoms. The molecule has 0 bridgehead atoms. The fourth-order valence-electron chi connectivity index (χ4n) is 4.94. The number of halogens is 1. The van der Waals surface area contributed by atoms with E-state index < -0.39 is 0 Å². The maximum Gasteiger partial charge on any atom is 0.0495 e. The lowest BCUT2D eigenvalue weighted by molar-refractivity contribution is 0.180. The summed E-state index contributed by atoms with van der Waals surface area (Å²) in [6.07, 6.45) is 6.91. The summed E-state index contributed by atoms with van der Waals surface area (Å²) in [5, 5.41) is 0.913. The van der Waals surface area contributed by atoms with Crippen LogP contribution < -0.4 is 0 Å². The summed E-state index contributed by atoms with van der Waals surface area (Å²) >= 11 is 6.58. The summed E-state index contributed by atoms with van der Waals surface area (Å²) in [4.78, 5) is 0. The van der Waals surface area contributed by atoms with Gasteiger partial charge in [-0.1, -0.05) is 75.7 Å². The maximum atomic E-state index is 6.58. The van der Waals surface area contributed by atoms with Gasteiger partial charge in [-0.05, 0) is 90.5 Å². The first-order valence-electron chi connectivity index (χ1n) is 11.8. The lowest BCUT2D eigenvalue weighted by Gasteiger charge is -2.18. The van der Waals surface area contributed by atoms with Crippen LogP contribution in [0.1, 0.15) is 62.8 Å². The van der Waals surface area contributed by atoms with Gasteiger partial charge in [-0.3, -0.25) is 0 Å². The number of hydrogen-bond acceptors (Lipinski definition) is 1. The van der Waals surface area contributed by atoms with Gasteiger partial charge in [0.15, 0.2) is 0 Å². The van der Waals surface area contributed by atoms with Gasteiger partial charge in [0.1, 0.15) is 0 Å². The third kappa shape index (κ3) is 7.43. The van der Waals surface area contributed by atoms with Crippen molar-refractivity contribution in [3.63, 3.8) is 0 Å². The van der Waals surface area contributed by atoms with E-state index in [4.69, 9.17) is 16.3 Å². The van der Waals surface area contributed by atoms with Gasteiger partial charge in [-0.25, -0.2) is 0 Å². The minimum absolute atomic E-state index is 0.570. The first-order valence-corrected chi connectivity index (χ1v) is 12.2. The third-order valence-electron chi connectivity index (χ3n) is 6.24. The molecule has 3 rings (SSSR count). The van der Waals surface area contributed by atoms with E-state index in [2.05, 4.69) is 70.2 Å². The molecule has 1 heterocycles. The molecule has 30 heavy (non-hydrogen) atoms. The van der Waals surface area contributed by atoms with Crippen molar-refractivity contribution in [2.45, 2.75) is 66.2 Å². The molecule has 1 aliphatic heterocycles. The second-order valence-corrected chi connectivity index (χ2v) is 10.5. The zero-order valence-corrected chi connectivity index (χ0v) is 20.0. The molecule has 1 aliphatic rings. The Morgan fingerprint density at radius 3 is 2.27 bits per heavy atom. The Labute approximate surface area is 189 Å². The minimum atomic E-state index is 0.570. The van der Waals surface area contributed by atoms with Crippen LogP contribution in [0, 0.1) is 23.7 Å². The van der Waals surface area contributed by atoms with Crippen LogP contribution in [0.15, 0.2) is 42.5 Å². The zero-order valence-electron chi connectivity index (χ0n) is 19.3. The van der Waals surface area contributed by atoms with Crippen molar-refractivity contribution in [1.29, 1.82) is 0 Å². The van der Waals surface area contributed by atoms with E-state index in [1.165, 1.54) is 35.1 Å². The Morgan fingerprint density at radius 1 is 0.867 bits per heavy atom. The van der Waals surface area contributed by atoms with Crippen LogP contribution in [0.5, 0.6) is 0 Å². The van der Waals surface area contributed by atoms with Crippen molar-refractivity contribution < 1.29 is 4.74 Å². The van der Waals surface area contributed by atoms with E-state index >= 15 is 0 Å². The van der Waals surface area contributed by atoms with Gasteiger partial charge < -0.3 is 4.74 Å². The van der Waals surface area contributed by atoms with E-state index in [1.54, 1.807) is 0 Å². The summed E-state index contributed by atoms with van der Waals surface area (Å²) in [5.74, 6) is 2.70. The first-order chi connectivity index (χ1) is 14.4. The maximum absolute atomic E-state index is 6.58. The molecular formula is C28H39ClO. The predicted octanol–water partition coefficient (Wildman–Crippen LogP) is 7.57. The highest BCUT2D eigenvalue weighted by Gasteiger charge is 2.19. The molecule has 1 saturated heterocycles. The van der Waals surface area contributed by atoms with Crippen LogP contribution >= 0.6 is 11.6 Å². The fourth-order valence-corrected chi connectivity index (χ4v) is 5.14. The molecule has 0 radical (unpaired) electrons. The van der Waals surface area contributed by atoms with E-state index in [0.29, 0.717) is 17.8 Å². The van der Waals surface area contributed by atoms with Crippen LogP contribution in [0.25, 0.3) is 0 Å². The Morgan fingerprint density at radius 2 is 1.57 bits per heavy atom. The molecule has 0 saturated carbocycles. The molecule has 2 aromatic carbocycles. The van der Waals surface area contributed by atoms with Crippen molar-refractivity contribution in [2.75, 3.05) is 13.2 Å². The fraction of sp³-hybridized carbons (Fsp3) is 0.571. The molecule has 0 amide bonds. The van der Waals surface area contributed by atoms with Crippen molar-refractivity contribution in [3.05, 3.63) is 69.7 Å². The second kappa shape index (κ2) is 11.3. The summed E-state index contributed by atoms with van der Waals surface area (Å²) in [5.41, 5.74) is 5.63. The summed E-state index contributed by atoms with van der Waals surface area (Å²) < 4.78 is 5.54. The molecule has 3 unspecified atom stereocenters. The number of hydrogen-bond donors (Lipinski definition) is 0. The average molecular weight is 427 g/mol. The van der Waals surface area contributed by atoms with E-state index in [1.807, 2.05) is 0 Å². The highest BCUT2D eigenvalue weighted by atomic mass is 35.5. The minimum Gasteiger partial charge on any atom is -0.381 e. The van der Waals surface area contributed by atoms with Crippen molar-refractivity contribution in [3.8, 4) is 0 Å². The summed E-state index contributed by atoms with van der Waals surface area (Å²) in [6.45, 7) is 11.2. The molecule has 0 aromatic heterocycles. The number of rotatable bonds is 10. The molecule has 0 N–H and O–H groups in total. The highest BCUT2D eigenvalue weighted by Crippen LogP contribution is 2.27. The lowest BCUT2D eigenvalue weighted by Crippen LogP contribution is -2.09. The molecular weight excluding hydrogens is 388 g/mol. The van der Waals surface area contributed by atoms with Gasteiger partial charge in [0.05, 0.1) is 0 Å². The van der Waals surface area contributed by atoms with Gasteiger partial charge in [0, 0.05) is 18.2 Å². The predicted molar refractivity (Wildman–Crippen MR) is 129 cm³/mol. The van der Waals surface area contributed by atoms with Crippen molar-refractivity contribution in [2.24, 2.45) is 23.7 Å². The van der Waals surface area contributed by atoms with Crippen LogP contribution in [0.4, 0.5) is 0 Å². The molecule has 1 fully saturated rings. The van der Waals surface area contributed by atoms with Gasteiger partial charge in [-0.15, -0.1) is 0 Å². The van der Waals surface area contributed by atoms with E-state index in [-0.39, 0.29) is 0 Å².